The fraction of sp³-hybridized carbons (Fsp3) is 0.278. The molecular weight excluding hydrogens is 457 g/mol. The number of rotatable bonds is 5. The molecule has 0 atom stereocenters. The normalized spacial score (nSPS) is 15.8. The summed E-state index contributed by atoms with van der Waals surface area (Å²) in [6.07, 6.45) is 0.819. The summed E-state index contributed by atoms with van der Waals surface area (Å²) in [5, 5.41) is -0.0770. The Kier molecular flexibility index (Phi) is 6.37. The highest BCUT2D eigenvalue weighted by molar-refractivity contribution is 7.89. The number of amides is 1. The van der Waals surface area contributed by atoms with Gasteiger partial charge in [-0.05, 0) is 42.5 Å². The van der Waals surface area contributed by atoms with Crippen molar-refractivity contribution in [1.82, 2.24) is 9.03 Å². The maximum atomic E-state index is 13.1. The molecule has 1 N–H and O–H groups in total. The van der Waals surface area contributed by atoms with E-state index in [0.717, 1.165) is 18.0 Å². The summed E-state index contributed by atoms with van der Waals surface area (Å²) in [7, 11) is -7.83. The number of halogens is 2. The van der Waals surface area contributed by atoms with Crippen molar-refractivity contribution in [3.05, 3.63) is 58.9 Å². The molecule has 1 saturated heterocycles. The summed E-state index contributed by atoms with van der Waals surface area (Å²) in [5.74, 6) is -1.30. The Balaban J connectivity index is 1.79. The zero-order valence-electron chi connectivity index (χ0n) is 15.9. The van der Waals surface area contributed by atoms with Gasteiger partial charge in [-0.1, -0.05) is 11.6 Å². The van der Waals surface area contributed by atoms with Crippen LogP contribution in [0.4, 0.5) is 10.1 Å². The van der Waals surface area contributed by atoms with E-state index in [1.807, 2.05) is 4.90 Å². The van der Waals surface area contributed by atoms with Gasteiger partial charge in [-0.25, -0.2) is 25.9 Å². The SMILES string of the molecule is CS(=O)(=O)NC(=O)c1ccc(Cl)c(S(=O)(=O)N2CCN(c3ccc(F)cc3)CC2)c1. The van der Waals surface area contributed by atoms with E-state index < -0.39 is 26.0 Å². The quantitative estimate of drug-likeness (QED) is 0.705. The second-order valence-electron chi connectivity index (χ2n) is 6.72. The third kappa shape index (κ3) is 5.09. The van der Waals surface area contributed by atoms with Crippen LogP contribution in [0.1, 0.15) is 10.4 Å². The molecule has 12 heteroatoms. The molecular formula is C18H19ClFN3O5S2. The highest BCUT2D eigenvalue weighted by atomic mass is 35.5. The minimum atomic E-state index is -4.02. The summed E-state index contributed by atoms with van der Waals surface area (Å²) in [6.45, 7) is 1.10. The van der Waals surface area contributed by atoms with Crippen LogP contribution < -0.4 is 9.62 Å². The van der Waals surface area contributed by atoms with Crippen molar-refractivity contribution in [3.8, 4) is 0 Å². The lowest BCUT2D eigenvalue weighted by Gasteiger charge is -2.35. The number of nitrogens with zero attached hydrogens (tertiary/aromatic N) is 2. The Hall–Kier alpha value is -2.21. The first kappa shape index (κ1) is 22.5. The molecule has 3 rings (SSSR count). The minimum Gasteiger partial charge on any atom is -0.369 e. The Morgan fingerprint density at radius 2 is 1.60 bits per heavy atom. The molecule has 2 aromatic rings. The van der Waals surface area contributed by atoms with Crippen molar-refractivity contribution in [2.75, 3.05) is 37.3 Å². The van der Waals surface area contributed by atoms with Gasteiger partial charge < -0.3 is 4.90 Å². The molecule has 0 spiro atoms. The summed E-state index contributed by atoms with van der Waals surface area (Å²) in [6, 6.07) is 9.47. The van der Waals surface area contributed by atoms with Crippen LogP contribution in [0, 0.1) is 5.82 Å². The summed E-state index contributed by atoms with van der Waals surface area (Å²) >= 11 is 6.08. The van der Waals surface area contributed by atoms with Crippen LogP contribution in [0.25, 0.3) is 0 Å². The maximum absolute atomic E-state index is 13.1. The number of carbonyl (C=O) groups is 1. The predicted octanol–water partition coefficient (Wildman–Crippen LogP) is 1.68. The fourth-order valence-electron chi connectivity index (χ4n) is 3.05. The third-order valence-corrected chi connectivity index (χ3v) is 7.46. The van der Waals surface area contributed by atoms with Gasteiger partial charge in [-0.2, -0.15) is 4.31 Å². The first-order valence-electron chi connectivity index (χ1n) is 8.80. The van der Waals surface area contributed by atoms with E-state index in [2.05, 4.69) is 0 Å². The van der Waals surface area contributed by atoms with E-state index in [0.29, 0.717) is 13.1 Å². The first-order chi connectivity index (χ1) is 14.0. The van der Waals surface area contributed by atoms with Crippen LogP contribution in [-0.2, 0) is 20.0 Å². The van der Waals surface area contributed by atoms with Crippen LogP contribution >= 0.6 is 11.6 Å². The van der Waals surface area contributed by atoms with E-state index in [1.54, 1.807) is 16.9 Å². The van der Waals surface area contributed by atoms with Crippen LogP contribution in [0.5, 0.6) is 0 Å². The van der Waals surface area contributed by atoms with Crippen molar-refractivity contribution in [2.45, 2.75) is 4.90 Å². The zero-order chi connectivity index (χ0) is 22.1. The topological polar surface area (TPSA) is 104 Å². The molecule has 2 aromatic carbocycles. The molecule has 1 aliphatic heterocycles. The Labute approximate surface area is 179 Å². The monoisotopic (exact) mass is 475 g/mol. The molecule has 1 amide bonds. The molecule has 30 heavy (non-hydrogen) atoms. The number of piperazine rings is 1. The highest BCUT2D eigenvalue weighted by Gasteiger charge is 2.31. The standard InChI is InChI=1S/C18H19ClFN3O5S2/c1-29(25,26)21-18(24)13-2-7-16(19)17(12-13)30(27,28)23-10-8-22(9-11-23)15-5-3-14(20)4-6-15/h2-7,12H,8-11H2,1H3,(H,21,24). The molecule has 0 bridgehead atoms. The Bertz CT molecular complexity index is 1160. The number of benzene rings is 2. The maximum Gasteiger partial charge on any atom is 0.264 e. The molecule has 0 saturated carbocycles. The van der Waals surface area contributed by atoms with E-state index >= 15 is 0 Å². The van der Waals surface area contributed by atoms with Crippen molar-refractivity contribution in [3.63, 3.8) is 0 Å². The van der Waals surface area contributed by atoms with Gasteiger partial charge in [0.1, 0.15) is 10.7 Å². The van der Waals surface area contributed by atoms with Gasteiger partial charge in [0, 0.05) is 37.4 Å². The van der Waals surface area contributed by atoms with E-state index in [9.17, 15) is 26.0 Å². The largest absolute Gasteiger partial charge is 0.369 e. The van der Waals surface area contributed by atoms with Gasteiger partial charge >= 0.3 is 0 Å². The predicted molar refractivity (Wildman–Crippen MR) is 111 cm³/mol. The lowest BCUT2D eigenvalue weighted by atomic mass is 10.2. The summed E-state index contributed by atoms with van der Waals surface area (Å²) < 4.78 is 64.8. The average Bonchev–Trinajstić information content (AvgIpc) is 2.67. The smallest absolute Gasteiger partial charge is 0.264 e. The molecule has 0 radical (unpaired) electrons. The third-order valence-electron chi connectivity index (χ3n) is 4.52. The molecule has 8 nitrogen and oxygen atoms in total. The molecule has 0 aliphatic carbocycles. The van der Waals surface area contributed by atoms with E-state index in [-0.39, 0.29) is 34.4 Å². The average molecular weight is 476 g/mol. The summed E-state index contributed by atoms with van der Waals surface area (Å²) in [5.41, 5.74) is 0.638. The van der Waals surface area contributed by atoms with Gasteiger partial charge in [-0.15, -0.1) is 0 Å². The number of carbonyl (C=O) groups excluding carboxylic acids is 1. The van der Waals surface area contributed by atoms with Crippen molar-refractivity contribution in [2.24, 2.45) is 0 Å². The molecule has 1 heterocycles. The van der Waals surface area contributed by atoms with Crippen LogP contribution in [0.3, 0.4) is 0 Å². The molecule has 1 aliphatic rings. The highest BCUT2D eigenvalue weighted by Crippen LogP contribution is 2.27. The van der Waals surface area contributed by atoms with E-state index in [4.69, 9.17) is 11.6 Å². The van der Waals surface area contributed by atoms with Gasteiger partial charge in [-0.3, -0.25) is 4.79 Å². The van der Waals surface area contributed by atoms with Gasteiger partial charge in [0.15, 0.2) is 0 Å². The van der Waals surface area contributed by atoms with Gasteiger partial charge in [0.25, 0.3) is 5.91 Å². The van der Waals surface area contributed by atoms with Gasteiger partial charge in [0.05, 0.1) is 11.3 Å². The number of hydrogen-bond acceptors (Lipinski definition) is 6. The molecule has 0 aromatic heterocycles. The lowest BCUT2D eigenvalue weighted by molar-refractivity contribution is 0.0981. The number of hydrogen-bond donors (Lipinski definition) is 1. The van der Waals surface area contributed by atoms with Crippen LogP contribution in [0.15, 0.2) is 47.4 Å². The molecule has 0 unspecified atom stereocenters. The number of nitrogens with one attached hydrogen (secondary N) is 1. The first-order valence-corrected chi connectivity index (χ1v) is 12.5. The Morgan fingerprint density at radius 1 is 1.00 bits per heavy atom. The summed E-state index contributed by atoms with van der Waals surface area (Å²) in [4.78, 5) is 13.7. The second kappa shape index (κ2) is 8.50. The van der Waals surface area contributed by atoms with Crippen molar-refractivity contribution < 1.29 is 26.0 Å². The minimum absolute atomic E-state index is 0.0770. The number of sulfonamides is 2. The van der Waals surface area contributed by atoms with Crippen LogP contribution in [0.2, 0.25) is 5.02 Å². The Morgan fingerprint density at radius 3 is 2.17 bits per heavy atom. The molecule has 1 fully saturated rings. The van der Waals surface area contributed by atoms with Crippen LogP contribution in [-0.4, -0.2) is 59.5 Å². The number of anilines is 1. The second-order valence-corrected chi connectivity index (χ2v) is 10.8. The van der Waals surface area contributed by atoms with Crippen molar-refractivity contribution in [1.29, 1.82) is 0 Å². The van der Waals surface area contributed by atoms with E-state index in [1.165, 1.54) is 28.6 Å². The fourth-order valence-corrected chi connectivity index (χ4v) is 5.42. The molecule has 162 valence electrons. The lowest BCUT2D eigenvalue weighted by Crippen LogP contribution is -2.48. The van der Waals surface area contributed by atoms with Gasteiger partial charge in [0.2, 0.25) is 20.0 Å². The van der Waals surface area contributed by atoms with Crippen molar-refractivity contribution >= 4 is 43.2 Å². The zero-order valence-corrected chi connectivity index (χ0v) is 18.3.